The van der Waals surface area contributed by atoms with Crippen LogP contribution in [0.15, 0.2) is 54.1 Å². The number of aryl methyl sites for hydroxylation is 1. The molecular formula is C18H15ClN2O2S. The summed E-state index contributed by atoms with van der Waals surface area (Å²) in [6.45, 7) is 5.70. The Bertz CT molecular complexity index is 856. The van der Waals surface area contributed by atoms with Crippen LogP contribution in [0.3, 0.4) is 0 Å². The highest BCUT2D eigenvalue weighted by Gasteiger charge is 2.39. The van der Waals surface area contributed by atoms with Crippen molar-refractivity contribution in [3.8, 4) is 0 Å². The number of hydrogen-bond donors (Lipinski definition) is 1. The molecule has 2 heterocycles. The van der Waals surface area contributed by atoms with Gasteiger partial charge in [0.2, 0.25) is 0 Å². The van der Waals surface area contributed by atoms with Gasteiger partial charge in [-0.3, -0.25) is 14.5 Å². The molecule has 2 amide bonds. The van der Waals surface area contributed by atoms with E-state index in [-0.39, 0.29) is 24.1 Å². The van der Waals surface area contributed by atoms with Crippen molar-refractivity contribution < 1.29 is 9.59 Å². The van der Waals surface area contributed by atoms with Gasteiger partial charge in [-0.25, -0.2) is 0 Å². The molecule has 0 saturated carbocycles. The molecule has 6 heteroatoms. The number of carbonyl (C=O) groups is 2. The number of rotatable bonds is 5. The second-order valence-corrected chi connectivity index (χ2v) is 6.71. The molecule has 0 saturated heterocycles. The number of amides is 2. The number of carbonyl (C=O) groups excluding carboxylic acids is 2. The Morgan fingerprint density at radius 2 is 2.08 bits per heavy atom. The summed E-state index contributed by atoms with van der Waals surface area (Å²) in [7, 11) is 0. The summed E-state index contributed by atoms with van der Waals surface area (Å²) in [4.78, 5) is 27.4. The number of imide groups is 1. The third-order valence-electron chi connectivity index (χ3n) is 3.71. The van der Waals surface area contributed by atoms with Crippen molar-refractivity contribution in [2.45, 2.75) is 6.92 Å². The number of hydrogen-bond acceptors (Lipinski definition) is 4. The average molecular weight is 359 g/mol. The number of nitrogens with zero attached hydrogens (tertiary/aromatic N) is 1. The van der Waals surface area contributed by atoms with Gasteiger partial charge in [0.05, 0.1) is 5.57 Å². The van der Waals surface area contributed by atoms with Gasteiger partial charge in [0.1, 0.15) is 5.70 Å². The van der Waals surface area contributed by atoms with Gasteiger partial charge in [0, 0.05) is 22.1 Å². The van der Waals surface area contributed by atoms with E-state index in [1.807, 2.05) is 30.5 Å². The van der Waals surface area contributed by atoms with Crippen LogP contribution in [0.4, 0.5) is 5.69 Å². The van der Waals surface area contributed by atoms with E-state index in [2.05, 4.69) is 11.9 Å². The molecule has 0 unspecified atom stereocenters. The third kappa shape index (κ3) is 2.88. The topological polar surface area (TPSA) is 49.4 Å². The fourth-order valence-electron chi connectivity index (χ4n) is 2.50. The molecule has 1 aliphatic heterocycles. The zero-order valence-corrected chi connectivity index (χ0v) is 14.6. The average Bonchev–Trinajstić information content (AvgIpc) is 3.14. The molecule has 24 heavy (non-hydrogen) atoms. The summed E-state index contributed by atoms with van der Waals surface area (Å²) in [5.74, 6) is -0.674. The Kier molecular flexibility index (Phi) is 4.55. The van der Waals surface area contributed by atoms with E-state index in [0.717, 1.165) is 10.4 Å². The van der Waals surface area contributed by atoms with E-state index < -0.39 is 0 Å². The molecule has 1 aromatic heterocycles. The number of anilines is 1. The zero-order valence-electron chi connectivity index (χ0n) is 13.0. The summed E-state index contributed by atoms with van der Waals surface area (Å²) in [6.07, 6.45) is 1.54. The van der Waals surface area contributed by atoms with Gasteiger partial charge < -0.3 is 5.32 Å². The van der Waals surface area contributed by atoms with Crippen LogP contribution in [0.1, 0.15) is 10.4 Å². The number of thiophene rings is 1. The molecule has 122 valence electrons. The minimum atomic E-state index is -0.359. The SMILES string of the molecule is C=CCN1C(=O)C(Nc2cc(Cl)ccc2C)=C(c2cccs2)C1=O. The van der Waals surface area contributed by atoms with Crippen LogP contribution in [0.5, 0.6) is 0 Å². The van der Waals surface area contributed by atoms with Gasteiger partial charge >= 0.3 is 0 Å². The van der Waals surface area contributed by atoms with Crippen molar-refractivity contribution in [1.29, 1.82) is 0 Å². The first-order chi connectivity index (χ1) is 11.5. The second-order valence-electron chi connectivity index (χ2n) is 5.32. The Morgan fingerprint density at radius 3 is 2.75 bits per heavy atom. The van der Waals surface area contributed by atoms with Crippen LogP contribution in [0, 0.1) is 6.92 Å². The molecule has 3 rings (SSSR count). The molecule has 0 atom stereocenters. The van der Waals surface area contributed by atoms with Crippen molar-refractivity contribution in [3.63, 3.8) is 0 Å². The van der Waals surface area contributed by atoms with Crippen molar-refractivity contribution >= 4 is 46.0 Å². The highest BCUT2D eigenvalue weighted by atomic mass is 35.5. The van der Waals surface area contributed by atoms with Gasteiger partial charge in [0.25, 0.3) is 11.8 Å². The molecule has 2 aromatic rings. The lowest BCUT2D eigenvalue weighted by Crippen LogP contribution is -2.32. The standard InChI is InChI=1S/C18H15ClN2O2S/c1-3-8-21-17(22)15(14-5-4-9-24-14)16(18(21)23)20-13-10-12(19)7-6-11(13)2/h3-7,9-10,20H,1,8H2,2H3. The van der Waals surface area contributed by atoms with Crippen molar-refractivity contribution in [2.75, 3.05) is 11.9 Å². The van der Waals surface area contributed by atoms with E-state index in [4.69, 9.17) is 11.6 Å². The Morgan fingerprint density at radius 1 is 1.29 bits per heavy atom. The summed E-state index contributed by atoms with van der Waals surface area (Å²) >= 11 is 7.47. The first kappa shape index (κ1) is 16.5. The maximum Gasteiger partial charge on any atom is 0.278 e. The van der Waals surface area contributed by atoms with Gasteiger partial charge in [-0.05, 0) is 36.1 Å². The number of nitrogens with one attached hydrogen (secondary N) is 1. The largest absolute Gasteiger partial charge is 0.350 e. The fraction of sp³-hybridized carbons (Fsp3) is 0.111. The van der Waals surface area contributed by atoms with E-state index in [1.54, 1.807) is 12.1 Å². The van der Waals surface area contributed by atoms with Crippen LogP contribution in [0.25, 0.3) is 5.57 Å². The third-order valence-corrected chi connectivity index (χ3v) is 4.83. The van der Waals surface area contributed by atoms with Crippen LogP contribution in [-0.2, 0) is 9.59 Å². The molecule has 0 radical (unpaired) electrons. The quantitative estimate of drug-likeness (QED) is 0.647. The normalized spacial score (nSPS) is 14.5. The lowest BCUT2D eigenvalue weighted by atomic mass is 10.1. The summed E-state index contributed by atoms with van der Waals surface area (Å²) in [5.41, 5.74) is 2.29. The molecule has 0 bridgehead atoms. The van der Waals surface area contributed by atoms with Crippen molar-refractivity contribution in [2.24, 2.45) is 0 Å². The minimum absolute atomic E-state index is 0.173. The van der Waals surface area contributed by atoms with Crippen LogP contribution < -0.4 is 5.32 Å². The molecule has 1 aliphatic rings. The first-order valence-electron chi connectivity index (χ1n) is 7.31. The zero-order chi connectivity index (χ0) is 17.3. The lowest BCUT2D eigenvalue weighted by molar-refractivity contribution is -0.136. The van der Waals surface area contributed by atoms with Gasteiger partial charge in [-0.1, -0.05) is 29.8 Å². The van der Waals surface area contributed by atoms with Gasteiger partial charge in [-0.15, -0.1) is 17.9 Å². The fourth-order valence-corrected chi connectivity index (χ4v) is 3.44. The molecule has 0 fully saturated rings. The predicted molar refractivity (Wildman–Crippen MR) is 98.0 cm³/mol. The van der Waals surface area contributed by atoms with Crippen LogP contribution in [0.2, 0.25) is 5.02 Å². The molecule has 0 spiro atoms. The number of benzene rings is 1. The smallest absolute Gasteiger partial charge is 0.278 e. The highest BCUT2D eigenvalue weighted by molar-refractivity contribution is 7.11. The van der Waals surface area contributed by atoms with E-state index in [9.17, 15) is 9.59 Å². The van der Waals surface area contributed by atoms with E-state index >= 15 is 0 Å². The summed E-state index contributed by atoms with van der Waals surface area (Å²) in [6, 6.07) is 9.06. The van der Waals surface area contributed by atoms with Crippen molar-refractivity contribution in [1.82, 2.24) is 4.90 Å². The predicted octanol–water partition coefficient (Wildman–Crippen LogP) is 4.09. The van der Waals surface area contributed by atoms with Crippen LogP contribution in [-0.4, -0.2) is 23.3 Å². The highest BCUT2D eigenvalue weighted by Crippen LogP contribution is 2.33. The Labute approximate surface area is 149 Å². The lowest BCUT2D eigenvalue weighted by Gasteiger charge is -2.13. The Hall–Kier alpha value is -2.37. The monoisotopic (exact) mass is 358 g/mol. The molecule has 1 N–H and O–H groups in total. The number of halogens is 1. The maximum absolute atomic E-state index is 12.7. The van der Waals surface area contributed by atoms with Crippen LogP contribution >= 0.6 is 22.9 Å². The molecule has 0 aliphatic carbocycles. The Balaban J connectivity index is 2.09. The van der Waals surface area contributed by atoms with E-state index in [0.29, 0.717) is 16.3 Å². The van der Waals surface area contributed by atoms with Crippen molar-refractivity contribution in [3.05, 3.63) is 69.5 Å². The molecule has 4 nitrogen and oxygen atoms in total. The molecule has 1 aromatic carbocycles. The summed E-state index contributed by atoms with van der Waals surface area (Å²) < 4.78 is 0. The van der Waals surface area contributed by atoms with Gasteiger partial charge in [-0.2, -0.15) is 0 Å². The second kappa shape index (κ2) is 6.63. The first-order valence-corrected chi connectivity index (χ1v) is 8.57. The van der Waals surface area contributed by atoms with E-state index in [1.165, 1.54) is 22.3 Å². The maximum atomic E-state index is 12.7. The minimum Gasteiger partial charge on any atom is -0.350 e. The van der Waals surface area contributed by atoms with Gasteiger partial charge in [0.15, 0.2) is 0 Å². The molecular weight excluding hydrogens is 344 g/mol. The summed E-state index contributed by atoms with van der Waals surface area (Å²) in [5, 5.41) is 5.54.